The van der Waals surface area contributed by atoms with E-state index in [9.17, 15) is 0 Å². The molecular formula is CH4N2OS. The topological polar surface area (TPSA) is 69.1 Å². The van der Waals surface area contributed by atoms with Crippen LogP contribution in [0.5, 0.6) is 0 Å². The van der Waals surface area contributed by atoms with Gasteiger partial charge in [-0.25, -0.2) is 4.79 Å². The average molecular weight is 92.1 g/mol. The molecule has 0 aromatic carbocycles. The number of hydrogen-bond acceptors (Lipinski definition) is 1. The summed E-state index contributed by atoms with van der Waals surface area (Å²) in [6.45, 7) is 0. The van der Waals surface area contributed by atoms with Crippen molar-refractivity contribution in [2.24, 2.45) is 11.5 Å². The van der Waals surface area contributed by atoms with Crippen LogP contribution >= 0.6 is 13.5 Å². The van der Waals surface area contributed by atoms with E-state index in [0.29, 0.717) is 0 Å². The highest BCUT2D eigenvalue weighted by Gasteiger charge is 1.60. The van der Waals surface area contributed by atoms with Gasteiger partial charge < -0.3 is 11.5 Å². The lowest BCUT2D eigenvalue weighted by atomic mass is 11.2. The third kappa shape index (κ3) is 65.8. The first-order valence-corrected chi connectivity index (χ1v) is 0.781. The number of carbonyl (C=O) groups is 1. The Balaban J connectivity index is 0. The molecule has 4 heteroatoms. The molecular weight excluding hydrogens is 88.1 g/mol. The van der Waals surface area contributed by atoms with Crippen LogP contribution in [-0.2, 0) is 0 Å². The number of amides is 2. The van der Waals surface area contributed by atoms with Crippen LogP contribution in [0.25, 0.3) is 0 Å². The van der Waals surface area contributed by atoms with E-state index < -0.39 is 6.03 Å². The van der Waals surface area contributed by atoms with Crippen LogP contribution in [0, 0.1) is 0 Å². The van der Waals surface area contributed by atoms with Gasteiger partial charge in [-0.05, 0) is 0 Å². The molecule has 0 rings (SSSR count). The standard InChI is InChI=1S/CH4N2O.S/c2-1(3)4;/h(H4,2,3,4);. The van der Waals surface area contributed by atoms with Crippen molar-refractivity contribution in [2.75, 3.05) is 0 Å². The Hall–Kier alpha value is -0.380. The molecule has 0 fully saturated rings. The third-order valence-electron chi connectivity index (χ3n) is 0. The number of hydrogen-bond donors (Lipinski definition) is 2. The summed E-state index contributed by atoms with van der Waals surface area (Å²) in [7, 11) is 0. The summed E-state index contributed by atoms with van der Waals surface area (Å²) in [6, 6.07) is -0.833. The summed E-state index contributed by atoms with van der Waals surface area (Å²) in [6.07, 6.45) is 0. The lowest BCUT2D eigenvalue weighted by Crippen LogP contribution is -2.18. The van der Waals surface area contributed by atoms with Gasteiger partial charge in [-0.2, -0.15) is 0 Å². The predicted molar refractivity (Wildman–Crippen MR) is 21.4 cm³/mol. The number of primary amides is 2. The average Bonchev–Trinajstić information content (AvgIpc) is 0.811. The Labute approximate surface area is 36.8 Å². The number of carbonyl (C=O) groups excluding carboxylic acids is 1. The molecule has 2 amide bonds. The molecule has 0 aromatic rings. The van der Waals surface area contributed by atoms with Crippen LogP contribution in [-0.4, -0.2) is 6.03 Å². The van der Waals surface area contributed by atoms with Crippen molar-refractivity contribution in [1.29, 1.82) is 0 Å². The van der Waals surface area contributed by atoms with Crippen molar-refractivity contribution in [3.8, 4) is 0 Å². The Kier molecular flexibility index (Phi) is 6.39. The minimum Gasteiger partial charge on any atom is -0.352 e. The molecule has 4 N–H and O–H groups in total. The van der Waals surface area contributed by atoms with Crippen LogP contribution in [0.4, 0.5) is 4.79 Å². The molecule has 0 saturated carbocycles. The smallest absolute Gasteiger partial charge is 0.309 e. The highest BCUT2D eigenvalue weighted by atomic mass is 32.1. The molecule has 5 heavy (non-hydrogen) atoms. The van der Waals surface area contributed by atoms with E-state index in [1.165, 1.54) is 0 Å². The zero-order valence-corrected chi connectivity index (χ0v) is 3.29. The van der Waals surface area contributed by atoms with Gasteiger partial charge >= 0.3 is 6.03 Å². The van der Waals surface area contributed by atoms with Gasteiger partial charge in [0, 0.05) is 13.5 Å². The van der Waals surface area contributed by atoms with Crippen LogP contribution in [0.1, 0.15) is 0 Å². The molecule has 30 valence electrons. The van der Waals surface area contributed by atoms with Gasteiger partial charge in [0.05, 0.1) is 0 Å². The fraction of sp³-hybridized carbons (Fsp3) is 0. The van der Waals surface area contributed by atoms with E-state index in [4.69, 9.17) is 4.79 Å². The van der Waals surface area contributed by atoms with Crippen molar-refractivity contribution in [2.45, 2.75) is 0 Å². The first-order chi connectivity index (χ1) is 1.73. The lowest BCUT2D eigenvalue weighted by Gasteiger charge is -1.62. The van der Waals surface area contributed by atoms with Gasteiger partial charge in [0.1, 0.15) is 0 Å². The molecule has 0 aliphatic carbocycles. The first-order valence-electron chi connectivity index (χ1n) is 0.781. The second-order valence-corrected chi connectivity index (χ2v) is 0.402. The SMILES string of the molecule is NC(N)=O.[S]. The van der Waals surface area contributed by atoms with Crippen LogP contribution in [0.2, 0.25) is 0 Å². The zero-order valence-electron chi connectivity index (χ0n) is 2.47. The number of urea groups is 1. The molecule has 0 aromatic heterocycles. The molecule has 0 aliphatic heterocycles. The Morgan fingerprint density at radius 1 is 1.40 bits per heavy atom. The largest absolute Gasteiger partial charge is 0.352 e. The Morgan fingerprint density at radius 2 is 1.40 bits per heavy atom. The van der Waals surface area contributed by atoms with Gasteiger partial charge in [-0.3, -0.25) is 0 Å². The summed E-state index contributed by atoms with van der Waals surface area (Å²) in [5.41, 5.74) is 8.50. The summed E-state index contributed by atoms with van der Waals surface area (Å²) in [5, 5.41) is 0. The van der Waals surface area contributed by atoms with Gasteiger partial charge in [-0.1, -0.05) is 0 Å². The molecule has 2 radical (unpaired) electrons. The van der Waals surface area contributed by atoms with Crippen LogP contribution < -0.4 is 11.5 Å². The van der Waals surface area contributed by atoms with Crippen molar-refractivity contribution < 1.29 is 4.79 Å². The maximum absolute atomic E-state index is 9.00. The van der Waals surface area contributed by atoms with E-state index in [-0.39, 0.29) is 13.5 Å². The fourth-order valence-electron chi connectivity index (χ4n) is 0. The van der Waals surface area contributed by atoms with Gasteiger partial charge in [0.15, 0.2) is 0 Å². The van der Waals surface area contributed by atoms with Gasteiger partial charge in [0.2, 0.25) is 0 Å². The maximum atomic E-state index is 9.00. The highest BCUT2D eigenvalue weighted by molar-refractivity contribution is 7.59. The second kappa shape index (κ2) is 3.62. The number of nitrogens with two attached hydrogens (primary N) is 2. The van der Waals surface area contributed by atoms with E-state index in [1.807, 2.05) is 0 Å². The van der Waals surface area contributed by atoms with E-state index in [1.54, 1.807) is 0 Å². The fourth-order valence-corrected chi connectivity index (χ4v) is 0. The summed E-state index contributed by atoms with van der Waals surface area (Å²) in [4.78, 5) is 9.00. The molecule has 0 unspecified atom stereocenters. The van der Waals surface area contributed by atoms with E-state index in [2.05, 4.69) is 11.5 Å². The normalized spacial score (nSPS) is 4.80. The summed E-state index contributed by atoms with van der Waals surface area (Å²) >= 11 is 0. The van der Waals surface area contributed by atoms with Gasteiger partial charge in [-0.15, -0.1) is 0 Å². The monoisotopic (exact) mass is 92.0 g/mol. The highest BCUT2D eigenvalue weighted by Crippen LogP contribution is 1.25. The quantitative estimate of drug-likeness (QED) is 0.422. The third-order valence-corrected chi connectivity index (χ3v) is 0. The summed E-state index contributed by atoms with van der Waals surface area (Å²) in [5.74, 6) is 0. The maximum Gasteiger partial charge on any atom is 0.309 e. The first kappa shape index (κ1) is 8.82. The van der Waals surface area contributed by atoms with E-state index in [0.717, 1.165) is 0 Å². The molecule has 0 aliphatic rings. The van der Waals surface area contributed by atoms with Crippen molar-refractivity contribution in [3.63, 3.8) is 0 Å². The molecule has 3 nitrogen and oxygen atoms in total. The summed E-state index contributed by atoms with van der Waals surface area (Å²) < 4.78 is 0. The molecule has 0 atom stereocenters. The second-order valence-electron chi connectivity index (χ2n) is 0.402. The molecule has 0 saturated heterocycles. The van der Waals surface area contributed by atoms with Crippen molar-refractivity contribution in [3.05, 3.63) is 0 Å². The van der Waals surface area contributed by atoms with Crippen LogP contribution in [0.15, 0.2) is 0 Å². The van der Waals surface area contributed by atoms with Crippen molar-refractivity contribution in [1.82, 2.24) is 0 Å². The predicted octanol–water partition coefficient (Wildman–Crippen LogP) is -0.328. The Bertz CT molecular complexity index is 32.6. The van der Waals surface area contributed by atoms with Crippen LogP contribution in [0.3, 0.4) is 0 Å². The lowest BCUT2D eigenvalue weighted by molar-refractivity contribution is 0.256. The zero-order chi connectivity index (χ0) is 3.58. The minimum atomic E-state index is -0.833. The molecule has 0 spiro atoms. The molecule has 0 heterocycles. The number of rotatable bonds is 0. The Morgan fingerprint density at radius 3 is 1.40 bits per heavy atom. The minimum absolute atomic E-state index is 0. The van der Waals surface area contributed by atoms with Gasteiger partial charge in [0.25, 0.3) is 0 Å². The van der Waals surface area contributed by atoms with Crippen molar-refractivity contribution >= 4 is 19.5 Å². The molecule has 0 bridgehead atoms. The van der Waals surface area contributed by atoms with E-state index >= 15 is 0 Å².